The van der Waals surface area contributed by atoms with Gasteiger partial charge >= 0.3 is 21.3 Å². The molecule has 0 N–H and O–H groups in total. The standard InChI is InChI=1S/C30H34BrF3O5S2/c31-23-13-5-3-1-2-4-6-14-24-38-29(35)30(33,34)41(36,37)39-40(26-15-9-7-10-16-26,27-17-11-8-12-18-27)28-21-19-25(32)20-22-28/h7-12,15-22H,1-6,13-14,23-24H2. The Bertz CT molecular complexity index is 1290. The summed E-state index contributed by atoms with van der Waals surface area (Å²) in [4.78, 5) is 13.1. The van der Waals surface area contributed by atoms with E-state index in [1.165, 1.54) is 12.1 Å². The first-order valence-corrected chi connectivity index (χ1v) is 17.5. The maximum absolute atomic E-state index is 15.3. The highest BCUT2D eigenvalue weighted by molar-refractivity contribution is 9.09. The van der Waals surface area contributed by atoms with Gasteiger partial charge in [-0.2, -0.15) is 17.2 Å². The zero-order valence-corrected chi connectivity index (χ0v) is 25.7. The van der Waals surface area contributed by atoms with Crippen LogP contribution in [0.1, 0.15) is 51.4 Å². The van der Waals surface area contributed by atoms with Gasteiger partial charge < -0.3 is 4.74 Å². The Hall–Kier alpha value is -2.34. The van der Waals surface area contributed by atoms with E-state index in [-0.39, 0.29) is 21.3 Å². The number of carbonyl (C=O) groups is 1. The lowest BCUT2D eigenvalue weighted by atomic mass is 10.1. The second-order valence-corrected chi connectivity index (χ2v) is 14.6. The number of ether oxygens (including phenoxy) is 1. The minimum absolute atomic E-state index is 0.149. The summed E-state index contributed by atoms with van der Waals surface area (Å²) in [6.45, 7) is -0.332. The molecule has 3 rings (SSSR count). The minimum Gasteiger partial charge on any atom is -0.460 e. The average Bonchev–Trinajstić information content (AvgIpc) is 2.98. The van der Waals surface area contributed by atoms with Crippen molar-refractivity contribution < 1.29 is 34.7 Å². The van der Waals surface area contributed by atoms with Crippen LogP contribution in [0.15, 0.2) is 99.6 Å². The third-order valence-corrected chi connectivity index (χ3v) is 12.0. The Morgan fingerprint density at radius 3 is 1.61 bits per heavy atom. The Morgan fingerprint density at radius 2 is 1.12 bits per heavy atom. The molecule has 5 nitrogen and oxygen atoms in total. The minimum atomic E-state index is -5.90. The molecule has 0 aliphatic heterocycles. The number of halogens is 4. The van der Waals surface area contributed by atoms with Gasteiger partial charge in [-0.1, -0.05) is 90.9 Å². The lowest BCUT2D eigenvalue weighted by Crippen LogP contribution is -2.41. The van der Waals surface area contributed by atoms with Crippen LogP contribution in [-0.2, 0) is 23.3 Å². The fraction of sp³-hybridized carbons (Fsp3) is 0.367. The number of hydrogen-bond donors (Lipinski definition) is 0. The SMILES string of the molecule is O=C(OCCCCCCCCCCBr)C(F)(F)S(=O)(=O)OS(c1ccccc1)(c1ccccc1)c1ccc(F)cc1. The van der Waals surface area contributed by atoms with Crippen molar-refractivity contribution in [2.45, 2.75) is 71.3 Å². The van der Waals surface area contributed by atoms with E-state index in [0.717, 1.165) is 56.0 Å². The molecule has 3 aromatic carbocycles. The summed E-state index contributed by atoms with van der Waals surface area (Å²) >= 11 is 3.40. The van der Waals surface area contributed by atoms with Gasteiger partial charge in [-0.15, -0.1) is 0 Å². The van der Waals surface area contributed by atoms with Crippen molar-refractivity contribution in [1.82, 2.24) is 0 Å². The molecule has 0 unspecified atom stereocenters. The Balaban J connectivity index is 1.81. The number of alkyl halides is 3. The van der Waals surface area contributed by atoms with E-state index in [0.29, 0.717) is 12.8 Å². The highest BCUT2D eigenvalue weighted by Gasteiger charge is 2.58. The number of esters is 1. The van der Waals surface area contributed by atoms with Gasteiger partial charge in [-0.25, -0.2) is 12.8 Å². The molecule has 0 saturated carbocycles. The largest absolute Gasteiger partial charge is 0.466 e. The van der Waals surface area contributed by atoms with Gasteiger partial charge in [0.25, 0.3) is 0 Å². The molecule has 41 heavy (non-hydrogen) atoms. The van der Waals surface area contributed by atoms with Crippen molar-refractivity contribution >= 4 is 42.3 Å². The summed E-state index contributed by atoms with van der Waals surface area (Å²) in [5, 5.41) is -4.00. The van der Waals surface area contributed by atoms with Crippen molar-refractivity contribution in [2.24, 2.45) is 0 Å². The third-order valence-electron chi connectivity index (χ3n) is 6.30. The van der Waals surface area contributed by atoms with Crippen LogP contribution in [0.3, 0.4) is 0 Å². The summed E-state index contributed by atoms with van der Waals surface area (Å²) in [5.74, 6) is -2.80. The van der Waals surface area contributed by atoms with E-state index in [1.807, 2.05) is 0 Å². The summed E-state index contributed by atoms with van der Waals surface area (Å²) in [7, 11) is -9.31. The van der Waals surface area contributed by atoms with Crippen LogP contribution < -0.4 is 0 Å². The number of benzene rings is 3. The molecule has 0 aliphatic rings. The monoisotopic (exact) mass is 674 g/mol. The van der Waals surface area contributed by atoms with E-state index in [9.17, 15) is 17.6 Å². The molecule has 0 fully saturated rings. The predicted molar refractivity (Wildman–Crippen MR) is 158 cm³/mol. The number of rotatable bonds is 17. The first kappa shape index (κ1) is 33.2. The van der Waals surface area contributed by atoms with Crippen LogP contribution >= 0.6 is 26.2 Å². The zero-order valence-electron chi connectivity index (χ0n) is 22.5. The molecule has 11 heteroatoms. The highest BCUT2D eigenvalue weighted by atomic mass is 79.9. The molecule has 224 valence electrons. The zero-order chi connectivity index (χ0) is 29.8. The van der Waals surface area contributed by atoms with Gasteiger partial charge in [0, 0.05) is 20.0 Å². The van der Waals surface area contributed by atoms with Crippen molar-refractivity contribution in [2.75, 3.05) is 11.9 Å². The smallest absolute Gasteiger partial charge is 0.460 e. The summed E-state index contributed by atoms with van der Waals surface area (Å²) < 4.78 is 81.1. The number of hydrogen-bond acceptors (Lipinski definition) is 5. The molecule has 0 radical (unpaired) electrons. The molecule has 0 amide bonds. The highest BCUT2D eigenvalue weighted by Crippen LogP contribution is 2.70. The van der Waals surface area contributed by atoms with Gasteiger partial charge in [0.2, 0.25) is 0 Å². The topological polar surface area (TPSA) is 69.7 Å². The molecular weight excluding hydrogens is 641 g/mol. The predicted octanol–water partition coefficient (Wildman–Crippen LogP) is 9.02. The Morgan fingerprint density at radius 1 is 0.683 bits per heavy atom. The van der Waals surface area contributed by atoms with Crippen molar-refractivity contribution in [1.29, 1.82) is 0 Å². The second-order valence-electron chi connectivity index (χ2n) is 9.33. The first-order valence-electron chi connectivity index (χ1n) is 13.4. The molecule has 0 spiro atoms. The van der Waals surface area contributed by atoms with Crippen LogP contribution in [0.4, 0.5) is 13.2 Å². The lowest BCUT2D eigenvalue weighted by Gasteiger charge is -2.39. The van der Waals surface area contributed by atoms with Crippen LogP contribution in [0.2, 0.25) is 0 Å². The fourth-order valence-corrected chi connectivity index (χ4v) is 9.60. The first-order chi connectivity index (χ1) is 19.6. The van der Waals surface area contributed by atoms with Gasteiger partial charge in [0.1, 0.15) is 5.82 Å². The number of unbranched alkanes of at least 4 members (excludes halogenated alkanes) is 7. The fourth-order valence-electron chi connectivity index (χ4n) is 4.16. The summed E-state index contributed by atoms with van der Waals surface area (Å²) in [6.07, 6.45) is 7.32. The molecule has 0 atom stereocenters. The van der Waals surface area contributed by atoms with Crippen LogP contribution in [0, 0.1) is 5.82 Å². The van der Waals surface area contributed by atoms with Crippen LogP contribution in [0.25, 0.3) is 0 Å². The van der Waals surface area contributed by atoms with Gasteiger partial charge in [-0.05, 0) is 71.7 Å². The molecule has 0 aliphatic carbocycles. The molecule has 0 aromatic heterocycles. The molecular formula is C30H34BrF3O5S2. The molecule has 3 aromatic rings. The van der Waals surface area contributed by atoms with Crippen molar-refractivity contribution in [3.8, 4) is 0 Å². The Labute approximate surface area is 250 Å². The van der Waals surface area contributed by atoms with E-state index >= 15 is 8.78 Å². The van der Waals surface area contributed by atoms with Crippen LogP contribution in [-0.4, -0.2) is 31.6 Å². The van der Waals surface area contributed by atoms with Crippen molar-refractivity contribution in [3.05, 3.63) is 90.7 Å². The lowest BCUT2D eigenvalue weighted by molar-refractivity contribution is -0.161. The summed E-state index contributed by atoms with van der Waals surface area (Å²) in [6, 6.07) is 20.7. The van der Waals surface area contributed by atoms with E-state index in [1.54, 1.807) is 60.7 Å². The third kappa shape index (κ3) is 8.59. The molecule has 0 saturated heterocycles. The quantitative estimate of drug-likeness (QED) is 0.0812. The summed E-state index contributed by atoms with van der Waals surface area (Å²) in [5.41, 5.74) is 0. The number of carbonyl (C=O) groups excluding carboxylic acids is 1. The second kappa shape index (κ2) is 15.8. The van der Waals surface area contributed by atoms with E-state index in [2.05, 4.69) is 15.9 Å². The van der Waals surface area contributed by atoms with Crippen LogP contribution in [0.5, 0.6) is 0 Å². The van der Waals surface area contributed by atoms with E-state index in [4.69, 9.17) is 8.37 Å². The van der Waals surface area contributed by atoms with Gasteiger partial charge in [0.15, 0.2) is 0 Å². The van der Waals surface area contributed by atoms with E-state index < -0.39 is 37.5 Å². The van der Waals surface area contributed by atoms with Crippen molar-refractivity contribution in [3.63, 3.8) is 0 Å². The average molecular weight is 676 g/mol. The molecule has 0 heterocycles. The Kier molecular flexibility index (Phi) is 12.8. The maximum atomic E-state index is 15.3. The molecule has 0 bridgehead atoms. The van der Waals surface area contributed by atoms with Gasteiger partial charge in [-0.3, -0.25) is 0 Å². The van der Waals surface area contributed by atoms with Gasteiger partial charge in [0.05, 0.1) is 6.61 Å². The maximum Gasteiger partial charge on any atom is 0.466 e. The normalized spacial score (nSPS) is 12.7.